The number of carbonyl (C=O) groups excluding carboxylic acids is 2. The van der Waals surface area contributed by atoms with Crippen LogP contribution in [-0.4, -0.2) is 37.4 Å². The van der Waals surface area contributed by atoms with Crippen molar-refractivity contribution in [2.45, 2.75) is 51.8 Å². The van der Waals surface area contributed by atoms with Gasteiger partial charge >= 0.3 is 5.97 Å². The number of aliphatic hydroxyl groups excluding tert-OH is 1. The summed E-state index contributed by atoms with van der Waals surface area (Å²) in [4.78, 5) is 29.0. The van der Waals surface area contributed by atoms with E-state index < -0.39 is 12.2 Å². The normalized spacial score (nSPS) is 14.7. The minimum absolute atomic E-state index is 0.0329. The van der Waals surface area contributed by atoms with Gasteiger partial charge in [0.2, 0.25) is 5.91 Å². The van der Waals surface area contributed by atoms with Gasteiger partial charge in [0.05, 0.1) is 13.7 Å². The van der Waals surface area contributed by atoms with E-state index in [-0.39, 0.29) is 11.8 Å². The molecule has 0 spiro atoms. The fourth-order valence-corrected chi connectivity index (χ4v) is 4.98. The lowest BCUT2D eigenvalue weighted by molar-refractivity contribution is -0.134. The van der Waals surface area contributed by atoms with E-state index in [2.05, 4.69) is 36.4 Å². The Labute approximate surface area is 231 Å². The van der Waals surface area contributed by atoms with Crippen LogP contribution in [0, 0.1) is 5.92 Å². The highest BCUT2D eigenvalue weighted by Crippen LogP contribution is 2.30. The molecule has 6 heteroatoms. The topological polar surface area (TPSA) is 70.1 Å². The summed E-state index contributed by atoms with van der Waals surface area (Å²) in [5.41, 5.74) is 5.82. The zero-order chi connectivity index (χ0) is 27.8. The van der Waals surface area contributed by atoms with E-state index in [0.29, 0.717) is 6.54 Å². The van der Waals surface area contributed by atoms with Gasteiger partial charge in [-0.1, -0.05) is 67.8 Å². The Morgan fingerprint density at radius 1 is 0.949 bits per heavy atom. The van der Waals surface area contributed by atoms with Crippen LogP contribution in [0.4, 0.5) is 11.4 Å². The van der Waals surface area contributed by atoms with Crippen molar-refractivity contribution in [3.05, 3.63) is 90.0 Å². The second-order valence-electron chi connectivity index (χ2n) is 10.2. The summed E-state index contributed by atoms with van der Waals surface area (Å²) in [6.45, 7) is 2.21. The molecule has 0 aliphatic heterocycles. The number of carbonyl (C=O) groups is 2. The van der Waals surface area contributed by atoms with Gasteiger partial charge in [0.25, 0.3) is 0 Å². The zero-order valence-electron chi connectivity index (χ0n) is 23.0. The SMILES string of the molecule is COC(=O)/C=C/c1cccc(N(Cc2ccc(-c3ccc(N(C)C(C)O)cc3)cc2)C(=O)C2CCCCC2)c1. The van der Waals surface area contributed by atoms with Gasteiger partial charge in [0.15, 0.2) is 0 Å². The van der Waals surface area contributed by atoms with Crippen molar-refractivity contribution >= 4 is 29.3 Å². The van der Waals surface area contributed by atoms with Crippen molar-refractivity contribution in [3.8, 4) is 11.1 Å². The molecule has 0 heterocycles. The van der Waals surface area contributed by atoms with Crippen molar-refractivity contribution in [1.29, 1.82) is 0 Å². The molecular formula is C33H38N2O4. The number of ether oxygens (including phenoxy) is 1. The van der Waals surface area contributed by atoms with Crippen LogP contribution in [0.5, 0.6) is 0 Å². The first-order valence-electron chi connectivity index (χ1n) is 13.6. The van der Waals surface area contributed by atoms with E-state index in [4.69, 9.17) is 4.74 Å². The number of esters is 1. The molecule has 0 radical (unpaired) electrons. The van der Waals surface area contributed by atoms with Gasteiger partial charge in [-0.05, 0) is 72.4 Å². The molecule has 1 fully saturated rings. The molecule has 6 nitrogen and oxygen atoms in total. The number of nitrogens with zero attached hydrogens (tertiary/aromatic N) is 2. The number of methoxy groups -OCH3 is 1. The predicted molar refractivity (Wildman–Crippen MR) is 157 cm³/mol. The van der Waals surface area contributed by atoms with E-state index in [0.717, 1.165) is 59.3 Å². The average molecular weight is 527 g/mol. The Bertz CT molecular complexity index is 1280. The van der Waals surface area contributed by atoms with Gasteiger partial charge in [-0.15, -0.1) is 0 Å². The number of anilines is 2. The predicted octanol–water partition coefficient (Wildman–Crippen LogP) is 6.43. The molecule has 1 amide bonds. The number of hydrogen-bond acceptors (Lipinski definition) is 5. The minimum Gasteiger partial charge on any atom is -0.466 e. The van der Waals surface area contributed by atoms with Crippen LogP contribution < -0.4 is 9.80 Å². The molecule has 204 valence electrons. The Morgan fingerprint density at radius 3 is 2.21 bits per heavy atom. The third-order valence-corrected chi connectivity index (χ3v) is 7.48. The molecule has 1 aliphatic rings. The highest BCUT2D eigenvalue weighted by Gasteiger charge is 2.27. The lowest BCUT2D eigenvalue weighted by Gasteiger charge is -2.30. The summed E-state index contributed by atoms with van der Waals surface area (Å²) in [5, 5.41) is 9.82. The summed E-state index contributed by atoms with van der Waals surface area (Å²) in [5.74, 6) is -0.225. The van der Waals surface area contributed by atoms with Crippen molar-refractivity contribution in [3.63, 3.8) is 0 Å². The van der Waals surface area contributed by atoms with Crippen molar-refractivity contribution in [1.82, 2.24) is 0 Å². The number of amides is 1. The van der Waals surface area contributed by atoms with Crippen LogP contribution in [0.2, 0.25) is 0 Å². The quantitative estimate of drug-likeness (QED) is 0.198. The van der Waals surface area contributed by atoms with E-state index in [9.17, 15) is 14.7 Å². The third kappa shape index (κ3) is 7.36. The lowest BCUT2D eigenvalue weighted by atomic mass is 9.88. The molecule has 39 heavy (non-hydrogen) atoms. The minimum atomic E-state index is -0.557. The number of aliphatic hydroxyl groups is 1. The standard InChI is InChI=1S/C33H38N2O4/c1-24(36)34(2)30-19-17-28(18-20-30)27-15-12-26(13-16-27)23-35(33(38)29-9-5-4-6-10-29)31-11-7-8-25(22-31)14-21-32(37)39-3/h7-8,11-22,24,29,36H,4-6,9-10,23H2,1-3H3/b21-14+. The van der Waals surface area contributed by atoms with Crippen LogP contribution >= 0.6 is 0 Å². The maximum absolute atomic E-state index is 13.8. The highest BCUT2D eigenvalue weighted by atomic mass is 16.5. The maximum atomic E-state index is 13.8. The molecule has 0 saturated heterocycles. The van der Waals surface area contributed by atoms with Gasteiger partial charge < -0.3 is 19.6 Å². The van der Waals surface area contributed by atoms with Crippen molar-refractivity contribution in [2.75, 3.05) is 24.0 Å². The maximum Gasteiger partial charge on any atom is 0.330 e. The summed E-state index contributed by atoms with van der Waals surface area (Å²) < 4.78 is 4.71. The fourth-order valence-electron chi connectivity index (χ4n) is 4.98. The van der Waals surface area contributed by atoms with E-state index >= 15 is 0 Å². The third-order valence-electron chi connectivity index (χ3n) is 7.48. The largest absolute Gasteiger partial charge is 0.466 e. The Balaban J connectivity index is 1.56. The average Bonchev–Trinajstić information content (AvgIpc) is 2.99. The zero-order valence-corrected chi connectivity index (χ0v) is 23.0. The summed E-state index contributed by atoms with van der Waals surface area (Å²) in [6.07, 6.45) is 7.76. The molecule has 1 unspecified atom stereocenters. The Kier molecular flexibility index (Phi) is 9.55. The molecule has 1 saturated carbocycles. The number of benzene rings is 3. The van der Waals surface area contributed by atoms with Gasteiger partial charge in [-0.2, -0.15) is 0 Å². The number of hydrogen-bond donors (Lipinski definition) is 1. The van der Waals surface area contributed by atoms with Crippen molar-refractivity contribution in [2.24, 2.45) is 5.92 Å². The van der Waals surface area contributed by atoms with Gasteiger partial charge in [0.1, 0.15) is 6.23 Å². The van der Waals surface area contributed by atoms with Crippen molar-refractivity contribution < 1.29 is 19.4 Å². The van der Waals surface area contributed by atoms with E-state index in [1.807, 2.05) is 53.2 Å². The molecular weight excluding hydrogens is 488 g/mol. The molecule has 1 aliphatic carbocycles. The summed E-state index contributed by atoms with van der Waals surface area (Å²) in [6, 6.07) is 24.1. The van der Waals surface area contributed by atoms with Gasteiger partial charge in [-0.3, -0.25) is 4.79 Å². The van der Waals surface area contributed by atoms with Crippen LogP contribution in [0.1, 0.15) is 50.2 Å². The Hall–Kier alpha value is -3.90. The molecule has 3 aromatic rings. The molecule has 3 aromatic carbocycles. The molecule has 4 rings (SSSR count). The summed E-state index contributed by atoms with van der Waals surface area (Å²) in [7, 11) is 3.21. The Morgan fingerprint density at radius 2 is 1.59 bits per heavy atom. The van der Waals surface area contributed by atoms with E-state index in [1.54, 1.807) is 13.0 Å². The first-order valence-corrected chi connectivity index (χ1v) is 13.6. The van der Waals surface area contributed by atoms with E-state index in [1.165, 1.54) is 19.6 Å². The number of rotatable bonds is 9. The fraction of sp³-hybridized carbons (Fsp3) is 0.333. The highest BCUT2D eigenvalue weighted by molar-refractivity contribution is 5.95. The monoisotopic (exact) mass is 526 g/mol. The summed E-state index contributed by atoms with van der Waals surface area (Å²) >= 11 is 0. The van der Waals surface area contributed by atoms with Crippen LogP contribution in [-0.2, 0) is 20.9 Å². The molecule has 1 N–H and O–H groups in total. The van der Waals surface area contributed by atoms with Gasteiger partial charge in [-0.25, -0.2) is 4.79 Å². The first kappa shape index (κ1) is 28.1. The smallest absolute Gasteiger partial charge is 0.330 e. The molecule has 0 aromatic heterocycles. The first-order chi connectivity index (χ1) is 18.9. The van der Waals surface area contributed by atoms with Crippen LogP contribution in [0.25, 0.3) is 17.2 Å². The van der Waals surface area contributed by atoms with Gasteiger partial charge in [0, 0.05) is 30.4 Å². The molecule has 0 bridgehead atoms. The second kappa shape index (κ2) is 13.3. The lowest BCUT2D eigenvalue weighted by Crippen LogP contribution is -2.36. The van der Waals surface area contributed by atoms with Crippen LogP contribution in [0.15, 0.2) is 78.9 Å². The second-order valence-corrected chi connectivity index (χ2v) is 10.2. The molecule has 1 atom stereocenters. The van der Waals surface area contributed by atoms with Crippen LogP contribution in [0.3, 0.4) is 0 Å².